The monoisotopic (exact) mass is 379 g/mol. The Bertz CT molecular complexity index is 967. The van der Waals surface area contributed by atoms with Crippen LogP contribution in [-0.2, 0) is 11.2 Å². The lowest BCUT2D eigenvalue weighted by Gasteiger charge is -2.12. The molecule has 7 heteroatoms. The van der Waals surface area contributed by atoms with Gasteiger partial charge in [-0.05, 0) is 25.0 Å². The Hall–Kier alpha value is -3.61. The quantitative estimate of drug-likeness (QED) is 0.642. The van der Waals surface area contributed by atoms with Gasteiger partial charge in [0.05, 0.1) is 5.69 Å². The molecule has 0 fully saturated rings. The number of hydrogen-bond donors (Lipinski definition) is 2. The van der Waals surface area contributed by atoms with Crippen molar-refractivity contribution >= 4 is 11.8 Å². The van der Waals surface area contributed by atoms with Crippen LogP contribution in [0.2, 0.25) is 0 Å². The van der Waals surface area contributed by atoms with Crippen molar-refractivity contribution < 1.29 is 18.8 Å². The molecule has 28 heavy (non-hydrogen) atoms. The lowest BCUT2D eigenvalue weighted by molar-refractivity contribution is -0.123. The van der Waals surface area contributed by atoms with Gasteiger partial charge in [-0.3, -0.25) is 20.4 Å². The third-order valence-corrected chi connectivity index (χ3v) is 4.14. The SMILES string of the molecule is CCc1noc(C)c1C(=O)NNC(=O)COc1ccccc1-c1ccccc1. The molecule has 0 saturated heterocycles. The largest absolute Gasteiger partial charge is 0.483 e. The van der Waals surface area contributed by atoms with Crippen LogP contribution in [-0.4, -0.2) is 23.6 Å². The Morgan fingerprint density at radius 3 is 2.50 bits per heavy atom. The molecule has 1 aromatic heterocycles. The van der Waals surface area contributed by atoms with Crippen LogP contribution >= 0.6 is 0 Å². The minimum absolute atomic E-state index is 0.243. The second kappa shape index (κ2) is 8.85. The van der Waals surface area contributed by atoms with Crippen molar-refractivity contribution in [3.05, 3.63) is 71.6 Å². The van der Waals surface area contributed by atoms with Crippen LogP contribution in [0.25, 0.3) is 11.1 Å². The number of aromatic nitrogens is 1. The molecule has 0 aliphatic carbocycles. The summed E-state index contributed by atoms with van der Waals surface area (Å²) < 4.78 is 10.7. The fraction of sp³-hybridized carbons (Fsp3) is 0.190. The maximum Gasteiger partial charge on any atom is 0.276 e. The normalized spacial score (nSPS) is 10.4. The average molecular weight is 379 g/mol. The van der Waals surface area contributed by atoms with Gasteiger partial charge in [0.1, 0.15) is 17.1 Å². The van der Waals surface area contributed by atoms with E-state index in [1.165, 1.54) is 0 Å². The number of hydrogen-bond acceptors (Lipinski definition) is 5. The Labute approximate surface area is 162 Å². The Balaban J connectivity index is 1.58. The van der Waals surface area contributed by atoms with E-state index in [-0.39, 0.29) is 6.61 Å². The Morgan fingerprint density at radius 1 is 1.04 bits per heavy atom. The number of aryl methyl sites for hydroxylation is 2. The van der Waals surface area contributed by atoms with Gasteiger partial charge in [0.2, 0.25) is 0 Å². The Kier molecular flexibility index (Phi) is 6.06. The molecule has 0 unspecified atom stereocenters. The molecule has 0 spiro atoms. The first-order valence-corrected chi connectivity index (χ1v) is 8.91. The molecule has 0 aliphatic rings. The van der Waals surface area contributed by atoms with Crippen molar-refractivity contribution in [2.45, 2.75) is 20.3 Å². The van der Waals surface area contributed by atoms with Crippen LogP contribution in [0.5, 0.6) is 5.75 Å². The van der Waals surface area contributed by atoms with Gasteiger partial charge in [0, 0.05) is 5.56 Å². The summed E-state index contributed by atoms with van der Waals surface area (Å²) in [4.78, 5) is 24.3. The number of carbonyl (C=O) groups excluding carboxylic acids is 2. The zero-order valence-electron chi connectivity index (χ0n) is 15.7. The summed E-state index contributed by atoms with van der Waals surface area (Å²) in [5, 5.41) is 3.82. The van der Waals surface area contributed by atoms with Gasteiger partial charge < -0.3 is 9.26 Å². The molecule has 0 atom stereocenters. The first-order chi connectivity index (χ1) is 13.6. The van der Waals surface area contributed by atoms with Crippen molar-refractivity contribution in [3.8, 4) is 16.9 Å². The van der Waals surface area contributed by atoms with Gasteiger partial charge in [0.15, 0.2) is 6.61 Å². The fourth-order valence-corrected chi connectivity index (χ4v) is 2.77. The number of nitrogens with zero attached hydrogens (tertiary/aromatic N) is 1. The van der Waals surface area contributed by atoms with Crippen LogP contribution in [0.3, 0.4) is 0 Å². The number of nitrogens with one attached hydrogen (secondary N) is 2. The summed E-state index contributed by atoms with van der Waals surface area (Å²) in [6.07, 6.45) is 0.549. The predicted molar refractivity (Wildman–Crippen MR) is 104 cm³/mol. The molecule has 2 amide bonds. The van der Waals surface area contributed by atoms with Crippen LogP contribution < -0.4 is 15.6 Å². The fourth-order valence-electron chi connectivity index (χ4n) is 2.77. The molecule has 0 bridgehead atoms. The van der Waals surface area contributed by atoms with Crippen molar-refractivity contribution in [1.82, 2.24) is 16.0 Å². The van der Waals surface area contributed by atoms with Crippen molar-refractivity contribution in [2.75, 3.05) is 6.61 Å². The lowest BCUT2D eigenvalue weighted by Crippen LogP contribution is -2.44. The summed E-state index contributed by atoms with van der Waals surface area (Å²) in [6.45, 7) is 3.27. The van der Waals surface area contributed by atoms with Gasteiger partial charge in [-0.15, -0.1) is 0 Å². The molecule has 0 aliphatic heterocycles. The highest BCUT2D eigenvalue weighted by Gasteiger charge is 2.19. The van der Waals surface area contributed by atoms with E-state index in [1.54, 1.807) is 13.0 Å². The summed E-state index contributed by atoms with van der Waals surface area (Å²) >= 11 is 0. The molecule has 2 aromatic carbocycles. The van der Waals surface area contributed by atoms with E-state index in [2.05, 4.69) is 16.0 Å². The highest BCUT2D eigenvalue weighted by molar-refractivity contribution is 5.97. The molecule has 3 aromatic rings. The summed E-state index contributed by atoms with van der Waals surface area (Å²) in [5.74, 6) is 0.0203. The van der Waals surface area contributed by atoms with Crippen molar-refractivity contribution in [2.24, 2.45) is 0 Å². The molecule has 1 heterocycles. The first-order valence-electron chi connectivity index (χ1n) is 8.91. The van der Waals surface area contributed by atoms with Gasteiger partial charge >= 0.3 is 0 Å². The summed E-state index contributed by atoms with van der Waals surface area (Å²) in [7, 11) is 0. The molecule has 3 rings (SSSR count). The maximum atomic E-state index is 12.3. The molecular weight excluding hydrogens is 358 g/mol. The van der Waals surface area contributed by atoms with Gasteiger partial charge in [-0.25, -0.2) is 0 Å². The van der Waals surface area contributed by atoms with E-state index in [1.807, 2.05) is 55.5 Å². The number of ether oxygens (including phenoxy) is 1. The molecule has 0 saturated carbocycles. The maximum absolute atomic E-state index is 12.3. The highest BCUT2D eigenvalue weighted by Crippen LogP contribution is 2.29. The average Bonchev–Trinajstić information content (AvgIpc) is 3.12. The number of amides is 2. The van der Waals surface area contributed by atoms with Gasteiger partial charge in [-0.2, -0.15) is 0 Å². The van der Waals surface area contributed by atoms with E-state index in [0.29, 0.717) is 29.2 Å². The number of rotatable bonds is 6. The van der Waals surface area contributed by atoms with Crippen molar-refractivity contribution in [1.29, 1.82) is 0 Å². The lowest BCUT2D eigenvalue weighted by atomic mass is 10.1. The molecule has 7 nitrogen and oxygen atoms in total. The first kappa shape index (κ1) is 19.2. The topological polar surface area (TPSA) is 93.5 Å². The Morgan fingerprint density at radius 2 is 1.75 bits per heavy atom. The third kappa shape index (κ3) is 4.37. The molecular formula is C21H21N3O4. The minimum Gasteiger partial charge on any atom is -0.483 e. The zero-order valence-corrected chi connectivity index (χ0v) is 15.7. The molecule has 0 radical (unpaired) electrons. The number of hydrazine groups is 1. The second-order valence-corrected chi connectivity index (χ2v) is 6.07. The smallest absolute Gasteiger partial charge is 0.276 e. The van der Waals surface area contributed by atoms with Gasteiger partial charge in [0.25, 0.3) is 11.8 Å². The van der Waals surface area contributed by atoms with E-state index in [0.717, 1.165) is 11.1 Å². The third-order valence-electron chi connectivity index (χ3n) is 4.14. The molecule has 2 N–H and O–H groups in total. The number of para-hydroxylation sites is 1. The zero-order chi connectivity index (χ0) is 19.9. The summed E-state index contributed by atoms with van der Waals surface area (Å²) in [6, 6.07) is 17.2. The minimum atomic E-state index is -0.483. The van der Waals surface area contributed by atoms with Crippen LogP contribution in [0, 0.1) is 6.92 Å². The van der Waals surface area contributed by atoms with E-state index in [9.17, 15) is 9.59 Å². The van der Waals surface area contributed by atoms with E-state index >= 15 is 0 Å². The van der Waals surface area contributed by atoms with Crippen LogP contribution in [0.15, 0.2) is 59.1 Å². The van der Waals surface area contributed by atoms with Crippen molar-refractivity contribution in [3.63, 3.8) is 0 Å². The molecule has 144 valence electrons. The highest BCUT2D eigenvalue weighted by atomic mass is 16.5. The van der Waals surface area contributed by atoms with Gasteiger partial charge in [-0.1, -0.05) is 60.6 Å². The summed E-state index contributed by atoms with van der Waals surface area (Å²) in [5.41, 5.74) is 7.45. The number of carbonyl (C=O) groups is 2. The second-order valence-electron chi connectivity index (χ2n) is 6.07. The van der Waals surface area contributed by atoms with E-state index < -0.39 is 11.8 Å². The standard InChI is InChI=1S/C21H21N3O4/c1-3-17-20(14(2)28-24-17)21(26)23-22-19(25)13-27-18-12-8-7-11-16(18)15-9-5-4-6-10-15/h4-12H,3,13H2,1-2H3,(H,22,25)(H,23,26). The van der Waals surface area contributed by atoms with Crippen LogP contribution in [0.1, 0.15) is 28.7 Å². The predicted octanol–water partition coefficient (Wildman–Crippen LogP) is 3.05. The van der Waals surface area contributed by atoms with E-state index in [4.69, 9.17) is 9.26 Å². The number of benzene rings is 2. The van der Waals surface area contributed by atoms with Crippen LogP contribution in [0.4, 0.5) is 0 Å².